The summed E-state index contributed by atoms with van der Waals surface area (Å²) in [7, 11) is 3.34. The van der Waals surface area contributed by atoms with Crippen LogP contribution in [0, 0.1) is 0 Å². The summed E-state index contributed by atoms with van der Waals surface area (Å²) in [5, 5.41) is 2.11. The molecule has 6 heteroatoms. The molecule has 0 saturated heterocycles. The predicted octanol–water partition coefficient (Wildman–Crippen LogP) is 4.06. The van der Waals surface area contributed by atoms with Crippen molar-refractivity contribution in [3.63, 3.8) is 0 Å². The molecule has 0 saturated carbocycles. The van der Waals surface area contributed by atoms with Gasteiger partial charge < -0.3 is 14.2 Å². The number of carbonyl (C=O) groups excluding carboxylic acids is 1. The third-order valence-electron chi connectivity index (χ3n) is 4.92. The molecule has 0 fully saturated rings. The SMILES string of the molecule is CCOC(=O)CCCN1CCc2cc(OC)c(OC)cc2C1c1cccs1. The van der Waals surface area contributed by atoms with Gasteiger partial charge in [-0.25, -0.2) is 0 Å². The predicted molar refractivity (Wildman–Crippen MR) is 107 cm³/mol. The van der Waals surface area contributed by atoms with E-state index in [0.29, 0.717) is 13.0 Å². The molecule has 1 aliphatic rings. The fourth-order valence-corrected chi connectivity index (χ4v) is 4.55. The van der Waals surface area contributed by atoms with Crippen molar-refractivity contribution >= 4 is 17.3 Å². The second kappa shape index (κ2) is 9.24. The Labute approximate surface area is 164 Å². The van der Waals surface area contributed by atoms with Crippen LogP contribution < -0.4 is 9.47 Å². The zero-order valence-electron chi connectivity index (χ0n) is 16.2. The van der Waals surface area contributed by atoms with Crippen molar-refractivity contribution in [3.8, 4) is 11.5 Å². The van der Waals surface area contributed by atoms with Gasteiger partial charge in [-0.2, -0.15) is 0 Å². The van der Waals surface area contributed by atoms with Crippen molar-refractivity contribution in [2.24, 2.45) is 0 Å². The minimum Gasteiger partial charge on any atom is -0.493 e. The summed E-state index contributed by atoms with van der Waals surface area (Å²) in [6.07, 6.45) is 2.21. The third-order valence-corrected chi connectivity index (χ3v) is 5.84. The molecule has 0 N–H and O–H groups in total. The van der Waals surface area contributed by atoms with E-state index in [1.54, 1.807) is 25.6 Å². The van der Waals surface area contributed by atoms with Crippen molar-refractivity contribution in [2.45, 2.75) is 32.2 Å². The summed E-state index contributed by atoms with van der Waals surface area (Å²) in [5.74, 6) is 1.41. The van der Waals surface area contributed by atoms with Gasteiger partial charge >= 0.3 is 5.97 Å². The van der Waals surface area contributed by atoms with Gasteiger partial charge in [0.1, 0.15) is 0 Å². The van der Waals surface area contributed by atoms with Gasteiger partial charge in [0.15, 0.2) is 11.5 Å². The van der Waals surface area contributed by atoms with Crippen LogP contribution in [0.25, 0.3) is 0 Å². The fraction of sp³-hybridized carbons (Fsp3) is 0.476. The number of hydrogen-bond acceptors (Lipinski definition) is 6. The second-order valence-electron chi connectivity index (χ2n) is 6.52. The molecule has 3 rings (SSSR count). The van der Waals surface area contributed by atoms with Crippen molar-refractivity contribution < 1.29 is 19.0 Å². The van der Waals surface area contributed by atoms with Crippen LogP contribution in [-0.2, 0) is 16.0 Å². The van der Waals surface area contributed by atoms with E-state index in [4.69, 9.17) is 14.2 Å². The van der Waals surface area contributed by atoms with Crippen LogP contribution in [0.5, 0.6) is 11.5 Å². The highest BCUT2D eigenvalue weighted by atomic mass is 32.1. The molecule has 146 valence electrons. The van der Waals surface area contributed by atoms with Gasteiger partial charge in [0.05, 0.1) is 26.9 Å². The number of thiophene rings is 1. The van der Waals surface area contributed by atoms with Crippen LogP contribution in [0.1, 0.15) is 41.8 Å². The number of carbonyl (C=O) groups is 1. The number of benzene rings is 1. The molecule has 0 amide bonds. The topological polar surface area (TPSA) is 48.0 Å². The molecule has 1 aromatic carbocycles. The van der Waals surface area contributed by atoms with Crippen LogP contribution in [-0.4, -0.2) is 44.8 Å². The van der Waals surface area contributed by atoms with Crippen LogP contribution >= 0.6 is 11.3 Å². The Bertz CT molecular complexity index is 760. The number of rotatable bonds is 8. The number of esters is 1. The van der Waals surface area contributed by atoms with Crippen LogP contribution in [0.2, 0.25) is 0 Å². The van der Waals surface area contributed by atoms with E-state index in [1.165, 1.54) is 16.0 Å². The summed E-state index contributed by atoms with van der Waals surface area (Å²) in [5.41, 5.74) is 2.56. The Hall–Kier alpha value is -2.05. The van der Waals surface area contributed by atoms with Crippen molar-refractivity contribution in [1.29, 1.82) is 0 Å². The molecule has 1 unspecified atom stereocenters. The number of nitrogens with zero attached hydrogens (tertiary/aromatic N) is 1. The zero-order valence-corrected chi connectivity index (χ0v) is 17.0. The Morgan fingerprint density at radius 1 is 1.26 bits per heavy atom. The van der Waals surface area contributed by atoms with E-state index in [9.17, 15) is 4.79 Å². The van der Waals surface area contributed by atoms with Crippen molar-refractivity contribution in [1.82, 2.24) is 4.90 Å². The first-order valence-electron chi connectivity index (χ1n) is 9.35. The highest BCUT2D eigenvalue weighted by molar-refractivity contribution is 7.10. The van der Waals surface area contributed by atoms with Gasteiger partial charge in [-0.1, -0.05) is 6.07 Å². The number of methoxy groups -OCH3 is 2. The van der Waals surface area contributed by atoms with Crippen molar-refractivity contribution in [2.75, 3.05) is 33.9 Å². The van der Waals surface area contributed by atoms with E-state index in [-0.39, 0.29) is 12.0 Å². The van der Waals surface area contributed by atoms with Crippen LogP contribution in [0.3, 0.4) is 0 Å². The summed E-state index contributed by atoms with van der Waals surface area (Å²) >= 11 is 1.76. The molecule has 27 heavy (non-hydrogen) atoms. The summed E-state index contributed by atoms with van der Waals surface area (Å²) in [6, 6.07) is 8.65. The van der Waals surface area contributed by atoms with Gasteiger partial charge in [-0.05, 0) is 61.0 Å². The summed E-state index contributed by atoms with van der Waals surface area (Å²) in [6.45, 7) is 4.09. The zero-order chi connectivity index (χ0) is 19.2. The lowest BCUT2D eigenvalue weighted by Gasteiger charge is -2.37. The maximum absolute atomic E-state index is 11.7. The second-order valence-corrected chi connectivity index (χ2v) is 7.50. The van der Waals surface area contributed by atoms with Gasteiger partial charge in [0, 0.05) is 17.8 Å². The molecule has 5 nitrogen and oxygen atoms in total. The smallest absolute Gasteiger partial charge is 0.305 e. The lowest BCUT2D eigenvalue weighted by atomic mass is 9.90. The van der Waals surface area contributed by atoms with Gasteiger partial charge in [-0.15, -0.1) is 11.3 Å². The minimum absolute atomic E-state index is 0.117. The van der Waals surface area contributed by atoms with Crippen LogP contribution in [0.15, 0.2) is 29.6 Å². The van der Waals surface area contributed by atoms with Gasteiger partial charge in [0.25, 0.3) is 0 Å². The molecular formula is C21H27NO4S. The molecule has 0 radical (unpaired) electrons. The highest BCUT2D eigenvalue weighted by Gasteiger charge is 2.30. The minimum atomic E-state index is -0.117. The van der Waals surface area contributed by atoms with Gasteiger partial charge in [-0.3, -0.25) is 9.69 Å². The lowest BCUT2D eigenvalue weighted by molar-refractivity contribution is -0.143. The molecule has 1 atom stereocenters. The molecule has 2 heterocycles. The van der Waals surface area contributed by atoms with E-state index in [2.05, 4.69) is 34.5 Å². The Morgan fingerprint density at radius 2 is 2.04 bits per heavy atom. The first kappa shape index (κ1) is 19.7. The Kier molecular flexibility index (Phi) is 6.74. The average Bonchev–Trinajstić information content (AvgIpc) is 3.21. The molecule has 0 spiro atoms. The summed E-state index contributed by atoms with van der Waals surface area (Å²) < 4.78 is 16.1. The number of hydrogen-bond donors (Lipinski definition) is 0. The fourth-order valence-electron chi connectivity index (χ4n) is 3.68. The highest BCUT2D eigenvalue weighted by Crippen LogP contribution is 2.42. The van der Waals surface area contributed by atoms with Crippen LogP contribution in [0.4, 0.5) is 0 Å². The quantitative estimate of drug-likeness (QED) is 0.637. The molecule has 0 aliphatic carbocycles. The van der Waals surface area contributed by atoms with E-state index >= 15 is 0 Å². The maximum atomic E-state index is 11.7. The largest absolute Gasteiger partial charge is 0.493 e. The van der Waals surface area contributed by atoms with E-state index < -0.39 is 0 Å². The summed E-state index contributed by atoms with van der Waals surface area (Å²) in [4.78, 5) is 15.4. The number of ether oxygens (including phenoxy) is 3. The Balaban J connectivity index is 1.85. The monoisotopic (exact) mass is 389 g/mol. The molecule has 1 aromatic heterocycles. The normalized spacial score (nSPS) is 16.6. The Morgan fingerprint density at radius 3 is 2.70 bits per heavy atom. The third kappa shape index (κ3) is 4.45. The first-order valence-corrected chi connectivity index (χ1v) is 10.2. The van der Waals surface area contributed by atoms with E-state index in [0.717, 1.165) is 37.4 Å². The first-order chi connectivity index (χ1) is 13.2. The lowest BCUT2D eigenvalue weighted by Crippen LogP contribution is -2.36. The number of fused-ring (bicyclic) bond motifs is 1. The van der Waals surface area contributed by atoms with E-state index in [1.807, 2.05) is 6.92 Å². The molecule has 0 bridgehead atoms. The molecular weight excluding hydrogens is 362 g/mol. The van der Waals surface area contributed by atoms with Crippen molar-refractivity contribution in [3.05, 3.63) is 45.6 Å². The molecule has 1 aliphatic heterocycles. The average molecular weight is 390 g/mol. The maximum Gasteiger partial charge on any atom is 0.305 e. The standard InChI is InChI=1S/C21H27NO4S/c1-4-26-20(23)8-5-10-22-11-9-15-13-17(24-2)18(25-3)14-16(15)21(22)19-7-6-12-27-19/h6-7,12-14,21H,4-5,8-11H2,1-3H3. The van der Waals surface area contributed by atoms with Gasteiger partial charge in [0.2, 0.25) is 0 Å². The molecule has 2 aromatic rings.